The second-order valence-corrected chi connectivity index (χ2v) is 22.2. The number of piperazine rings is 1. The molecule has 424 valence electrons. The summed E-state index contributed by atoms with van der Waals surface area (Å²) < 4.78 is 7.37. The Kier molecular flexibility index (Phi) is 19.1. The molecule has 4 atom stereocenters. The molecule has 2 fully saturated rings. The number of pyridine rings is 1. The van der Waals surface area contributed by atoms with Crippen molar-refractivity contribution >= 4 is 69.6 Å². The Labute approximate surface area is 470 Å². The summed E-state index contributed by atoms with van der Waals surface area (Å²) in [6.45, 7) is 12.0. The number of amides is 5. The standard InChI is InChI=1S/C57H73N15O7S/c1-35(37-19-21-38(22-20-37)51-36(2)61-34-80-51)62-54(76)44-29-40(73)32-72(44)56(78)52(57(3,4)5)65-47(74)17-12-10-9-11-13-18-48(75)71-27-25-70(26-28-71)39-23-24-45(59-31-39)64-46-30-43(49(67-66-46)55(77)58-6)63-42-16-14-15-41(50(42)79-8)53-60-33-69(7)68-53/h14-16,19-24,30-31,33-35,40,44,52,73H,9-13,17-18,25-29,32H2,1-8H3,(H,58,77)(H,62,76)(H,65,74)(H2,59,63,64,66)/t35-,40+,44-,52?/m0/s1. The number of hydrogen-bond donors (Lipinski definition) is 6. The number of hydrogen-bond acceptors (Lipinski definition) is 17. The van der Waals surface area contributed by atoms with E-state index < -0.39 is 35.4 Å². The lowest BCUT2D eigenvalue weighted by Gasteiger charge is -2.36. The third kappa shape index (κ3) is 14.4. The molecular weight excluding hydrogens is 1040 g/mol. The molecule has 6 aromatic rings. The first kappa shape index (κ1) is 58.1. The van der Waals surface area contributed by atoms with Crippen LogP contribution < -0.4 is 36.2 Å². The molecule has 0 radical (unpaired) electrons. The number of aliphatic hydroxyl groups excluding tert-OH is 1. The summed E-state index contributed by atoms with van der Waals surface area (Å²) in [5, 5.41) is 38.7. The van der Waals surface area contributed by atoms with Gasteiger partial charge in [-0.15, -0.1) is 21.5 Å². The summed E-state index contributed by atoms with van der Waals surface area (Å²) in [5.41, 5.74) is 6.68. The van der Waals surface area contributed by atoms with Gasteiger partial charge < -0.3 is 51.1 Å². The van der Waals surface area contributed by atoms with Crippen LogP contribution in [0.5, 0.6) is 5.75 Å². The Morgan fingerprint density at radius 3 is 2.24 bits per heavy atom. The van der Waals surface area contributed by atoms with E-state index in [1.54, 1.807) is 48.8 Å². The van der Waals surface area contributed by atoms with Gasteiger partial charge in [0.15, 0.2) is 23.1 Å². The number of anilines is 5. The van der Waals surface area contributed by atoms with Crippen molar-refractivity contribution in [2.45, 2.75) is 110 Å². The van der Waals surface area contributed by atoms with Gasteiger partial charge in [-0.05, 0) is 67.5 Å². The van der Waals surface area contributed by atoms with Crippen LogP contribution in [0.15, 0.2) is 78.7 Å². The summed E-state index contributed by atoms with van der Waals surface area (Å²) in [6.07, 6.45) is 7.21. The number of rotatable bonds is 22. The normalized spacial score (nSPS) is 16.2. The number of thiazole rings is 1. The number of para-hydroxylation sites is 1. The molecule has 80 heavy (non-hydrogen) atoms. The molecule has 6 heterocycles. The number of β-amino-alcohol motifs (C(OH)–C–C–N with tert-alkyl or cyclic N) is 1. The lowest BCUT2D eigenvalue weighted by molar-refractivity contribution is -0.144. The van der Waals surface area contributed by atoms with Gasteiger partial charge in [0.25, 0.3) is 5.91 Å². The Morgan fingerprint density at radius 2 is 1.59 bits per heavy atom. The van der Waals surface area contributed by atoms with E-state index in [0.29, 0.717) is 79.2 Å². The predicted molar refractivity (Wildman–Crippen MR) is 307 cm³/mol. The molecule has 2 aliphatic heterocycles. The Balaban J connectivity index is 0.739. The fourth-order valence-electron chi connectivity index (χ4n) is 9.96. The van der Waals surface area contributed by atoms with E-state index >= 15 is 0 Å². The van der Waals surface area contributed by atoms with Crippen LogP contribution in [0, 0.1) is 12.3 Å². The smallest absolute Gasteiger partial charge is 0.273 e. The van der Waals surface area contributed by atoms with Crippen LogP contribution in [-0.2, 0) is 26.2 Å². The van der Waals surface area contributed by atoms with Crippen molar-refractivity contribution in [1.29, 1.82) is 0 Å². The van der Waals surface area contributed by atoms with Gasteiger partial charge in [0.1, 0.15) is 24.2 Å². The third-order valence-electron chi connectivity index (χ3n) is 14.4. The van der Waals surface area contributed by atoms with Crippen molar-refractivity contribution in [3.8, 4) is 27.6 Å². The van der Waals surface area contributed by atoms with E-state index in [-0.39, 0.29) is 48.8 Å². The van der Waals surface area contributed by atoms with Crippen molar-refractivity contribution in [3.63, 3.8) is 0 Å². The molecule has 0 saturated carbocycles. The molecule has 4 aromatic heterocycles. The van der Waals surface area contributed by atoms with Crippen LogP contribution in [0.2, 0.25) is 0 Å². The van der Waals surface area contributed by atoms with Crippen LogP contribution >= 0.6 is 11.3 Å². The van der Waals surface area contributed by atoms with Gasteiger partial charge in [0, 0.05) is 72.1 Å². The molecule has 22 nitrogen and oxygen atoms in total. The van der Waals surface area contributed by atoms with Crippen LogP contribution in [0.1, 0.15) is 107 Å². The molecule has 0 aliphatic carbocycles. The number of carbonyl (C=O) groups is 5. The van der Waals surface area contributed by atoms with Crippen LogP contribution in [0.3, 0.4) is 0 Å². The van der Waals surface area contributed by atoms with Crippen LogP contribution in [0.4, 0.5) is 28.7 Å². The van der Waals surface area contributed by atoms with E-state index in [1.807, 2.05) is 99.6 Å². The van der Waals surface area contributed by atoms with Gasteiger partial charge in [-0.2, -0.15) is 5.10 Å². The number of carbonyl (C=O) groups excluding carboxylic acids is 5. The monoisotopic (exact) mass is 1110 g/mol. The highest BCUT2D eigenvalue weighted by atomic mass is 32.1. The second kappa shape index (κ2) is 26.3. The number of ether oxygens (including phenoxy) is 1. The molecule has 5 amide bonds. The zero-order valence-electron chi connectivity index (χ0n) is 46.8. The fraction of sp³-hybridized carbons (Fsp3) is 0.456. The van der Waals surface area contributed by atoms with Gasteiger partial charge in [-0.3, -0.25) is 28.7 Å². The average Bonchev–Trinajstić information content (AvgIpc) is 4.22. The average molecular weight is 1110 g/mol. The minimum Gasteiger partial charge on any atom is -0.494 e. The number of aryl methyl sites for hydroxylation is 2. The van der Waals surface area contributed by atoms with Gasteiger partial charge in [0.05, 0.1) is 64.2 Å². The summed E-state index contributed by atoms with van der Waals surface area (Å²) in [6, 6.07) is 16.8. The van der Waals surface area contributed by atoms with E-state index in [4.69, 9.17) is 4.74 Å². The van der Waals surface area contributed by atoms with E-state index in [2.05, 4.69) is 61.7 Å². The highest BCUT2D eigenvalue weighted by Crippen LogP contribution is 2.38. The van der Waals surface area contributed by atoms with Gasteiger partial charge in [0.2, 0.25) is 23.6 Å². The van der Waals surface area contributed by atoms with Gasteiger partial charge in [-0.1, -0.05) is 70.4 Å². The van der Waals surface area contributed by atoms with Gasteiger partial charge >= 0.3 is 0 Å². The minimum absolute atomic E-state index is 0.00181. The molecule has 6 N–H and O–H groups in total. The van der Waals surface area contributed by atoms with Crippen molar-refractivity contribution in [3.05, 3.63) is 95.6 Å². The fourth-order valence-corrected chi connectivity index (χ4v) is 10.8. The van der Waals surface area contributed by atoms with E-state index in [1.165, 1.54) is 11.9 Å². The summed E-state index contributed by atoms with van der Waals surface area (Å²) in [7, 11) is 4.85. The number of methoxy groups -OCH3 is 1. The maximum atomic E-state index is 14.2. The highest BCUT2D eigenvalue weighted by Gasteiger charge is 2.44. The number of benzene rings is 2. The Hall–Kier alpha value is -8.05. The van der Waals surface area contributed by atoms with Crippen molar-refractivity contribution in [2.24, 2.45) is 12.5 Å². The second-order valence-electron chi connectivity index (χ2n) is 21.4. The molecular formula is C57H73N15O7S. The molecule has 0 bridgehead atoms. The highest BCUT2D eigenvalue weighted by molar-refractivity contribution is 7.13. The topological polar surface area (TPSA) is 267 Å². The maximum Gasteiger partial charge on any atom is 0.273 e. The molecule has 2 aromatic carbocycles. The summed E-state index contributed by atoms with van der Waals surface area (Å²) in [4.78, 5) is 87.2. The zero-order chi connectivity index (χ0) is 57.1. The molecule has 8 rings (SSSR count). The largest absolute Gasteiger partial charge is 0.494 e. The van der Waals surface area contributed by atoms with Crippen LogP contribution in [-0.4, -0.2) is 144 Å². The number of unbranched alkanes of at least 4 members (excludes halogenated alkanes) is 4. The van der Waals surface area contributed by atoms with Crippen LogP contribution in [0.25, 0.3) is 21.8 Å². The summed E-state index contributed by atoms with van der Waals surface area (Å²) >= 11 is 1.58. The number of likely N-dealkylation sites (tertiary alicyclic amines) is 1. The number of aliphatic hydroxyl groups is 1. The van der Waals surface area contributed by atoms with Crippen molar-refractivity contribution in [1.82, 2.24) is 60.7 Å². The number of aromatic nitrogens is 7. The molecule has 1 unspecified atom stereocenters. The van der Waals surface area contributed by atoms with Gasteiger partial charge in [-0.25, -0.2) is 15.0 Å². The zero-order valence-corrected chi connectivity index (χ0v) is 47.6. The minimum atomic E-state index is -0.898. The quantitative estimate of drug-likeness (QED) is 0.0386. The molecule has 2 saturated heterocycles. The molecule has 0 spiro atoms. The summed E-state index contributed by atoms with van der Waals surface area (Å²) in [5.74, 6) is 0.539. The predicted octanol–water partition coefficient (Wildman–Crippen LogP) is 6.70. The van der Waals surface area contributed by atoms with Crippen molar-refractivity contribution in [2.75, 3.05) is 62.4 Å². The number of nitrogens with one attached hydrogen (secondary N) is 5. The van der Waals surface area contributed by atoms with E-state index in [0.717, 1.165) is 53.1 Å². The number of nitrogens with zero attached hydrogens (tertiary/aromatic N) is 10. The lowest BCUT2D eigenvalue weighted by Crippen LogP contribution is -2.57. The first-order valence-electron chi connectivity index (χ1n) is 27.1. The lowest BCUT2D eigenvalue weighted by atomic mass is 9.85. The third-order valence-corrected chi connectivity index (χ3v) is 15.4. The Morgan fingerprint density at radius 1 is 0.850 bits per heavy atom. The maximum absolute atomic E-state index is 14.2. The van der Waals surface area contributed by atoms with E-state index in [9.17, 15) is 29.1 Å². The SMILES string of the molecule is CNC(=O)c1nnc(Nc2ccc(N3CCN(C(=O)CCCCCCCC(=O)NC(C(=O)N4C[C@H](O)C[C@H]4C(=O)N[C@@H](C)c4ccc(-c5scnc5C)cc4)C(C)(C)C)CC3)cn2)cc1Nc1cccc(-c2ncn(C)n2)c1OC. The molecule has 2 aliphatic rings. The van der Waals surface area contributed by atoms with Crippen molar-refractivity contribution < 1.29 is 33.8 Å². The first-order chi connectivity index (χ1) is 38.4. The Bertz CT molecular complexity index is 3120. The first-order valence-corrected chi connectivity index (χ1v) is 28.0. The molecule has 23 heteroatoms.